The molecular weight excluding hydrogens is 186 g/mol. The van der Waals surface area contributed by atoms with Gasteiger partial charge in [0.15, 0.2) is 0 Å². The van der Waals surface area contributed by atoms with Crippen LogP contribution in [0.4, 0.5) is 5.69 Å². The van der Waals surface area contributed by atoms with Crippen LogP contribution < -0.4 is 11.1 Å². The molecule has 1 aromatic rings. The fraction of sp³-hybridized carbons (Fsp3) is 0.417. The third kappa shape index (κ3) is 2.18. The van der Waals surface area contributed by atoms with E-state index in [1.54, 1.807) is 0 Å². The molecule has 3 nitrogen and oxygen atoms in total. The van der Waals surface area contributed by atoms with Crippen molar-refractivity contribution in [2.24, 2.45) is 5.73 Å². The Morgan fingerprint density at radius 2 is 2.27 bits per heavy atom. The zero-order valence-corrected chi connectivity index (χ0v) is 8.96. The molecule has 1 aliphatic rings. The summed E-state index contributed by atoms with van der Waals surface area (Å²) in [6.07, 6.45) is 3.84. The van der Waals surface area contributed by atoms with Gasteiger partial charge in [-0.15, -0.1) is 0 Å². The second-order valence-electron chi connectivity index (χ2n) is 4.16. The summed E-state index contributed by atoms with van der Waals surface area (Å²) in [4.78, 5) is 0. The maximum Gasteiger partial charge on any atom is 0.0479 e. The van der Waals surface area contributed by atoms with Crippen molar-refractivity contribution in [2.45, 2.75) is 31.8 Å². The number of benzene rings is 1. The highest BCUT2D eigenvalue weighted by atomic mass is 15.0. The minimum atomic E-state index is 0.00569. The molecule has 1 atom stereocenters. The van der Waals surface area contributed by atoms with E-state index in [9.17, 15) is 0 Å². The van der Waals surface area contributed by atoms with Crippen LogP contribution in [-0.4, -0.2) is 12.3 Å². The van der Waals surface area contributed by atoms with E-state index in [0.717, 1.165) is 16.8 Å². The number of hydrogen-bond acceptors (Lipinski definition) is 3. The number of hydrogen-bond donors (Lipinski definition) is 3. The molecule has 0 spiro atoms. The van der Waals surface area contributed by atoms with Crippen molar-refractivity contribution in [1.29, 1.82) is 5.41 Å². The maximum absolute atomic E-state index is 7.38. The standard InChI is InChI=1S/C12H17N3/c1-8(14)11-4-2-3-9(7-13)12(11)15-10-5-6-10/h2-4,7-8,10,13,15H,5-6,14H2,1H3. The molecule has 0 amide bonds. The van der Waals surface area contributed by atoms with Gasteiger partial charge in [0.1, 0.15) is 0 Å². The predicted molar refractivity (Wildman–Crippen MR) is 63.6 cm³/mol. The summed E-state index contributed by atoms with van der Waals surface area (Å²) in [5, 5.41) is 10.8. The molecule has 1 fully saturated rings. The van der Waals surface area contributed by atoms with E-state index in [0.29, 0.717) is 6.04 Å². The molecule has 3 heteroatoms. The fourth-order valence-corrected chi connectivity index (χ4v) is 1.69. The summed E-state index contributed by atoms with van der Waals surface area (Å²) >= 11 is 0. The lowest BCUT2D eigenvalue weighted by Gasteiger charge is -2.16. The first-order valence-electron chi connectivity index (χ1n) is 5.38. The predicted octanol–water partition coefficient (Wildman–Crippen LogP) is 2.28. The van der Waals surface area contributed by atoms with E-state index in [-0.39, 0.29) is 6.04 Å². The van der Waals surface area contributed by atoms with Gasteiger partial charge in [0.05, 0.1) is 0 Å². The second kappa shape index (κ2) is 4.03. The van der Waals surface area contributed by atoms with Gasteiger partial charge in [0, 0.05) is 29.5 Å². The van der Waals surface area contributed by atoms with Crippen LogP contribution in [0.15, 0.2) is 18.2 Å². The van der Waals surface area contributed by atoms with Crippen LogP contribution in [0.1, 0.15) is 36.9 Å². The van der Waals surface area contributed by atoms with E-state index >= 15 is 0 Å². The largest absolute Gasteiger partial charge is 0.382 e. The average molecular weight is 203 g/mol. The topological polar surface area (TPSA) is 61.9 Å². The molecule has 80 valence electrons. The van der Waals surface area contributed by atoms with E-state index in [1.165, 1.54) is 19.1 Å². The Balaban J connectivity index is 2.38. The molecule has 1 saturated carbocycles. The first-order valence-corrected chi connectivity index (χ1v) is 5.38. The smallest absolute Gasteiger partial charge is 0.0479 e. The normalized spacial score (nSPS) is 17.2. The molecule has 1 aromatic carbocycles. The minimum absolute atomic E-state index is 0.00569. The Kier molecular flexibility index (Phi) is 2.73. The summed E-state index contributed by atoms with van der Waals surface area (Å²) in [6.45, 7) is 1.97. The van der Waals surface area contributed by atoms with Crippen LogP contribution in [0.5, 0.6) is 0 Å². The van der Waals surface area contributed by atoms with Gasteiger partial charge in [-0.2, -0.15) is 0 Å². The van der Waals surface area contributed by atoms with Crippen molar-refractivity contribution in [3.63, 3.8) is 0 Å². The highest BCUT2D eigenvalue weighted by Crippen LogP contribution is 2.30. The summed E-state index contributed by atoms with van der Waals surface area (Å²) in [7, 11) is 0. The summed E-state index contributed by atoms with van der Waals surface area (Å²) in [5.41, 5.74) is 8.99. The van der Waals surface area contributed by atoms with Crippen LogP contribution in [-0.2, 0) is 0 Å². The van der Waals surface area contributed by atoms with Crippen molar-refractivity contribution >= 4 is 11.9 Å². The van der Waals surface area contributed by atoms with Crippen LogP contribution in [0.25, 0.3) is 0 Å². The Hall–Kier alpha value is -1.35. The summed E-state index contributed by atoms with van der Waals surface area (Å²) < 4.78 is 0. The van der Waals surface area contributed by atoms with Crippen LogP contribution in [0.2, 0.25) is 0 Å². The van der Waals surface area contributed by atoms with Gasteiger partial charge in [-0.25, -0.2) is 0 Å². The monoisotopic (exact) mass is 203 g/mol. The number of nitrogens with one attached hydrogen (secondary N) is 2. The van der Waals surface area contributed by atoms with Crippen molar-refractivity contribution < 1.29 is 0 Å². The van der Waals surface area contributed by atoms with E-state index < -0.39 is 0 Å². The average Bonchev–Trinajstić information content (AvgIpc) is 3.01. The molecule has 0 radical (unpaired) electrons. The molecule has 0 heterocycles. The Bertz CT molecular complexity index is 367. The van der Waals surface area contributed by atoms with Crippen molar-refractivity contribution in [2.75, 3.05) is 5.32 Å². The van der Waals surface area contributed by atoms with Gasteiger partial charge in [0.2, 0.25) is 0 Å². The Morgan fingerprint density at radius 1 is 1.53 bits per heavy atom. The maximum atomic E-state index is 7.38. The molecule has 1 aliphatic carbocycles. The van der Waals surface area contributed by atoms with E-state index in [4.69, 9.17) is 11.1 Å². The highest BCUT2D eigenvalue weighted by Gasteiger charge is 2.23. The fourth-order valence-electron chi connectivity index (χ4n) is 1.69. The van der Waals surface area contributed by atoms with Crippen LogP contribution >= 0.6 is 0 Å². The number of anilines is 1. The molecule has 4 N–H and O–H groups in total. The van der Waals surface area contributed by atoms with Gasteiger partial charge < -0.3 is 16.5 Å². The first kappa shape index (κ1) is 10.2. The molecule has 0 aliphatic heterocycles. The summed E-state index contributed by atoms with van der Waals surface area (Å²) in [6, 6.07) is 6.53. The Morgan fingerprint density at radius 3 is 2.80 bits per heavy atom. The lowest BCUT2D eigenvalue weighted by Crippen LogP contribution is -2.12. The second-order valence-corrected chi connectivity index (χ2v) is 4.16. The van der Waals surface area contributed by atoms with Crippen molar-refractivity contribution in [3.8, 4) is 0 Å². The molecule has 2 rings (SSSR count). The van der Waals surface area contributed by atoms with Gasteiger partial charge in [-0.3, -0.25) is 0 Å². The van der Waals surface area contributed by atoms with Gasteiger partial charge in [-0.1, -0.05) is 18.2 Å². The van der Waals surface area contributed by atoms with Gasteiger partial charge in [0.25, 0.3) is 0 Å². The minimum Gasteiger partial charge on any atom is -0.382 e. The molecule has 15 heavy (non-hydrogen) atoms. The number of para-hydroxylation sites is 1. The molecular formula is C12H17N3. The number of rotatable bonds is 4. The first-order chi connectivity index (χ1) is 7.22. The lowest BCUT2D eigenvalue weighted by atomic mass is 10.0. The molecule has 0 saturated heterocycles. The number of nitrogens with two attached hydrogens (primary N) is 1. The van der Waals surface area contributed by atoms with Crippen molar-refractivity contribution in [1.82, 2.24) is 0 Å². The SMILES string of the molecule is CC(N)c1cccc(C=N)c1NC1CC1. The third-order valence-electron chi connectivity index (χ3n) is 2.70. The molecule has 0 aromatic heterocycles. The highest BCUT2D eigenvalue weighted by molar-refractivity contribution is 5.87. The molecule has 0 bridgehead atoms. The zero-order valence-electron chi connectivity index (χ0n) is 8.96. The van der Waals surface area contributed by atoms with Crippen molar-refractivity contribution in [3.05, 3.63) is 29.3 Å². The van der Waals surface area contributed by atoms with Crippen LogP contribution in [0, 0.1) is 5.41 Å². The van der Waals surface area contributed by atoms with Gasteiger partial charge >= 0.3 is 0 Å². The lowest BCUT2D eigenvalue weighted by molar-refractivity contribution is 0.817. The summed E-state index contributed by atoms with van der Waals surface area (Å²) in [5.74, 6) is 0. The zero-order chi connectivity index (χ0) is 10.8. The van der Waals surface area contributed by atoms with E-state index in [1.807, 2.05) is 25.1 Å². The third-order valence-corrected chi connectivity index (χ3v) is 2.70. The van der Waals surface area contributed by atoms with Gasteiger partial charge in [-0.05, 0) is 25.3 Å². The van der Waals surface area contributed by atoms with E-state index in [2.05, 4.69) is 5.32 Å². The quantitative estimate of drug-likeness (QED) is 0.657. The van der Waals surface area contributed by atoms with Crippen LogP contribution in [0.3, 0.4) is 0 Å². The Labute approximate surface area is 90.2 Å². The molecule has 1 unspecified atom stereocenters.